The third kappa shape index (κ3) is 3.82. The molecule has 0 atom stereocenters. The first-order valence-electron chi connectivity index (χ1n) is 6.22. The van der Waals surface area contributed by atoms with E-state index in [1.807, 2.05) is 24.3 Å². The summed E-state index contributed by atoms with van der Waals surface area (Å²) in [6.45, 7) is 0. The Labute approximate surface area is 148 Å². The molecule has 0 bridgehead atoms. The van der Waals surface area contributed by atoms with Crippen LogP contribution in [0.5, 0.6) is 0 Å². The topological polar surface area (TPSA) is 0 Å². The minimum Gasteiger partial charge on any atom is -0.126 e. The molecule has 0 heterocycles. The van der Waals surface area contributed by atoms with Crippen LogP contribution in [-0.2, 0) is 11.8 Å². The SMILES string of the molecule is ClCC(CCl)(Cc1ccc(I)cc1)c1ccc(Cl)cc1. The Kier molecular flexibility index (Phi) is 6.03. The Bertz CT molecular complexity index is 545. The minimum absolute atomic E-state index is 0.263. The maximum absolute atomic E-state index is 6.26. The molecule has 106 valence electrons. The smallest absolute Gasteiger partial charge is 0.0406 e. The van der Waals surface area contributed by atoms with E-state index in [1.165, 1.54) is 9.13 Å². The third-order valence-corrected chi connectivity index (χ3v) is 5.42. The molecule has 0 saturated carbocycles. The zero-order chi connectivity index (χ0) is 14.6. The number of hydrogen-bond acceptors (Lipinski definition) is 0. The van der Waals surface area contributed by atoms with E-state index in [4.69, 9.17) is 34.8 Å². The maximum atomic E-state index is 6.26. The van der Waals surface area contributed by atoms with E-state index in [2.05, 4.69) is 46.9 Å². The summed E-state index contributed by atoms with van der Waals surface area (Å²) in [5, 5.41) is 0.723. The van der Waals surface area contributed by atoms with Crippen LogP contribution >= 0.6 is 57.4 Å². The van der Waals surface area contributed by atoms with Crippen LogP contribution in [0.3, 0.4) is 0 Å². The predicted molar refractivity (Wildman–Crippen MR) is 97.4 cm³/mol. The molecule has 0 nitrogen and oxygen atoms in total. The molecule has 0 saturated heterocycles. The van der Waals surface area contributed by atoms with E-state index in [9.17, 15) is 0 Å². The molecule has 2 aromatic carbocycles. The van der Waals surface area contributed by atoms with Crippen molar-refractivity contribution in [1.82, 2.24) is 0 Å². The molecule has 0 fully saturated rings. The average molecular weight is 440 g/mol. The van der Waals surface area contributed by atoms with Gasteiger partial charge >= 0.3 is 0 Å². The second-order valence-electron chi connectivity index (χ2n) is 4.86. The van der Waals surface area contributed by atoms with Gasteiger partial charge in [-0.3, -0.25) is 0 Å². The van der Waals surface area contributed by atoms with Gasteiger partial charge in [0, 0.05) is 25.8 Å². The van der Waals surface area contributed by atoms with Crippen molar-refractivity contribution in [1.29, 1.82) is 0 Å². The van der Waals surface area contributed by atoms with Crippen LogP contribution in [0, 0.1) is 3.57 Å². The highest BCUT2D eigenvalue weighted by Gasteiger charge is 2.31. The number of hydrogen-bond donors (Lipinski definition) is 0. The normalized spacial score (nSPS) is 11.6. The molecular formula is C16H14Cl3I. The summed E-state index contributed by atoms with van der Waals surface area (Å²) in [6.07, 6.45) is 0.818. The summed E-state index contributed by atoms with van der Waals surface area (Å²) in [7, 11) is 0. The standard InChI is InChI=1S/C16H14Cl3I/c17-10-16(11-18,13-3-5-14(19)6-4-13)9-12-1-7-15(20)8-2-12/h1-8H,9-11H2. The van der Waals surface area contributed by atoms with Gasteiger partial charge in [-0.15, -0.1) is 23.2 Å². The largest absolute Gasteiger partial charge is 0.126 e. The Morgan fingerprint density at radius 2 is 1.40 bits per heavy atom. The Balaban J connectivity index is 2.33. The molecule has 0 unspecified atom stereocenters. The molecule has 2 rings (SSSR count). The van der Waals surface area contributed by atoms with Crippen molar-refractivity contribution in [3.8, 4) is 0 Å². The molecule has 0 aliphatic heterocycles. The first-order chi connectivity index (χ1) is 9.59. The lowest BCUT2D eigenvalue weighted by atomic mass is 9.79. The molecule has 0 N–H and O–H groups in total. The zero-order valence-electron chi connectivity index (χ0n) is 10.8. The fraction of sp³-hybridized carbons (Fsp3) is 0.250. The molecule has 2 aromatic rings. The molecular weight excluding hydrogens is 425 g/mol. The van der Waals surface area contributed by atoms with Crippen LogP contribution in [0.4, 0.5) is 0 Å². The van der Waals surface area contributed by atoms with Crippen LogP contribution in [0.15, 0.2) is 48.5 Å². The van der Waals surface area contributed by atoms with Gasteiger partial charge < -0.3 is 0 Å². The molecule has 0 aliphatic carbocycles. The van der Waals surface area contributed by atoms with Crippen molar-refractivity contribution in [3.63, 3.8) is 0 Å². The Morgan fingerprint density at radius 3 is 1.90 bits per heavy atom. The van der Waals surface area contributed by atoms with Crippen molar-refractivity contribution in [3.05, 3.63) is 68.3 Å². The fourth-order valence-corrected chi connectivity index (χ4v) is 3.45. The number of halogens is 4. The zero-order valence-corrected chi connectivity index (χ0v) is 15.2. The van der Waals surface area contributed by atoms with Crippen molar-refractivity contribution < 1.29 is 0 Å². The van der Waals surface area contributed by atoms with E-state index in [0.717, 1.165) is 17.0 Å². The molecule has 0 radical (unpaired) electrons. The first kappa shape index (κ1) is 16.4. The van der Waals surface area contributed by atoms with Gasteiger partial charge in [0.25, 0.3) is 0 Å². The number of rotatable bonds is 5. The van der Waals surface area contributed by atoms with Crippen molar-refractivity contribution in [2.75, 3.05) is 11.8 Å². The van der Waals surface area contributed by atoms with Crippen molar-refractivity contribution >= 4 is 57.4 Å². The van der Waals surface area contributed by atoms with Crippen LogP contribution in [0.2, 0.25) is 5.02 Å². The number of alkyl halides is 2. The van der Waals surface area contributed by atoms with E-state index >= 15 is 0 Å². The fourth-order valence-electron chi connectivity index (χ4n) is 2.18. The molecule has 20 heavy (non-hydrogen) atoms. The lowest BCUT2D eigenvalue weighted by molar-refractivity contribution is 0.536. The van der Waals surface area contributed by atoms with Crippen LogP contribution in [-0.4, -0.2) is 11.8 Å². The maximum Gasteiger partial charge on any atom is 0.0406 e. The van der Waals surface area contributed by atoms with E-state index in [-0.39, 0.29) is 5.41 Å². The Morgan fingerprint density at radius 1 is 0.850 bits per heavy atom. The summed E-state index contributed by atoms with van der Waals surface area (Å²) in [5.74, 6) is 0.953. The third-order valence-electron chi connectivity index (χ3n) is 3.42. The lowest BCUT2D eigenvalue weighted by Gasteiger charge is -2.30. The second kappa shape index (κ2) is 7.35. The van der Waals surface area contributed by atoms with Gasteiger partial charge in [0.1, 0.15) is 0 Å². The predicted octanol–water partition coefficient (Wildman–Crippen LogP) is 5.90. The lowest BCUT2D eigenvalue weighted by Crippen LogP contribution is -2.33. The van der Waals surface area contributed by atoms with Crippen molar-refractivity contribution in [2.45, 2.75) is 11.8 Å². The average Bonchev–Trinajstić information content (AvgIpc) is 2.48. The molecule has 0 aliphatic rings. The molecule has 4 heteroatoms. The van der Waals surface area contributed by atoms with Crippen LogP contribution < -0.4 is 0 Å². The van der Waals surface area contributed by atoms with Gasteiger partial charge in [0.15, 0.2) is 0 Å². The highest BCUT2D eigenvalue weighted by Crippen LogP contribution is 2.32. The van der Waals surface area contributed by atoms with E-state index in [1.54, 1.807) is 0 Å². The minimum atomic E-state index is -0.263. The monoisotopic (exact) mass is 438 g/mol. The van der Waals surface area contributed by atoms with Crippen LogP contribution in [0.1, 0.15) is 11.1 Å². The molecule has 0 spiro atoms. The quantitative estimate of drug-likeness (QED) is 0.402. The van der Waals surface area contributed by atoms with Gasteiger partial charge in [-0.25, -0.2) is 0 Å². The Hall–Kier alpha value is 0.0400. The van der Waals surface area contributed by atoms with Crippen molar-refractivity contribution in [2.24, 2.45) is 0 Å². The summed E-state index contributed by atoms with van der Waals surface area (Å²) in [4.78, 5) is 0. The first-order valence-corrected chi connectivity index (χ1v) is 8.75. The summed E-state index contributed by atoms with van der Waals surface area (Å²) < 4.78 is 1.22. The van der Waals surface area contributed by atoms with Gasteiger partial charge in [0.05, 0.1) is 0 Å². The van der Waals surface area contributed by atoms with Gasteiger partial charge in [-0.1, -0.05) is 35.9 Å². The highest BCUT2D eigenvalue weighted by atomic mass is 127. The summed E-state index contributed by atoms with van der Waals surface area (Å²) in [5.41, 5.74) is 2.10. The number of benzene rings is 2. The molecule has 0 aromatic heterocycles. The highest BCUT2D eigenvalue weighted by molar-refractivity contribution is 14.1. The van der Waals surface area contributed by atoms with E-state index < -0.39 is 0 Å². The van der Waals surface area contributed by atoms with Gasteiger partial charge in [-0.2, -0.15) is 0 Å². The van der Waals surface area contributed by atoms with Crippen LogP contribution in [0.25, 0.3) is 0 Å². The second-order valence-corrected chi connectivity index (χ2v) is 7.07. The summed E-state index contributed by atoms with van der Waals surface area (Å²) >= 11 is 20.8. The summed E-state index contributed by atoms with van der Waals surface area (Å²) in [6, 6.07) is 16.3. The molecule has 0 amide bonds. The van der Waals surface area contributed by atoms with Gasteiger partial charge in [-0.05, 0) is 64.4 Å². The van der Waals surface area contributed by atoms with Gasteiger partial charge in [0.2, 0.25) is 0 Å². The van der Waals surface area contributed by atoms with E-state index in [0.29, 0.717) is 11.8 Å².